The van der Waals surface area contributed by atoms with Gasteiger partial charge in [0.1, 0.15) is 0 Å². The molecule has 0 unspecified atom stereocenters. The number of nitrogens with one attached hydrogen (secondary N) is 1. The first kappa shape index (κ1) is 25.7. The first-order valence-electron chi connectivity index (χ1n) is 10.3. The van der Waals surface area contributed by atoms with E-state index in [0.717, 1.165) is 17.1 Å². The molecule has 174 valence electrons. The highest BCUT2D eigenvalue weighted by Gasteiger charge is 2.32. The maximum Gasteiger partial charge on any atom is 0.224 e. The van der Waals surface area contributed by atoms with Crippen LogP contribution in [0.3, 0.4) is 0 Å². The highest BCUT2D eigenvalue weighted by Crippen LogP contribution is 2.26. The molecular weight excluding hydrogens is 511 g/mol. The number of carbonyl (C=O) groups is 1. The van der Waals surface area contributed by atoms with Crippen molar-refractivity contribution in [3.8, 4) is 0 Å². The second-order valence-corrected chi connectivity index (χ2v) is 12.0. The zero-order chi connectivity index (χ0) is 23.1. The van der Waals surface area contributed by atoms with Crippen molar-refractivity contribution in [2.24, 2.45) is 5.92 Å². The highest BCUT2D eigenvalue weighted by atomic mass is 35.5. The van der Waals surface area contributed by atoms with Gasteiger partial charge in [-0.15, -0.1) is 0 Å². The second-order valence-electron chi connectivity index (χ2n) is 7.66. The zero-order valence-corrected chi connectivity index (χ0v) is 21.3. The molecule has 0 saturated carbocycles. The number of halogens is 3. The number of nitrogens with zero attached hydrogens (tertiary/aromatic N) is 1. The molecule has 2 aromatic rings. The minimum atomic E-state index is -3.59. The van der Waals surface area contributed by atoms with Crippen LogP contribution < -0.4 is 5.32 Å². The van der Waals surface area contributed by atoms with E-state index >= 15 is 0 Å². The van der Waals surface area contributed by atoms with Crippen LogP contribution in [0.25, 0.3) is 0 Å². The molecule has 10 heteroatoms. The van der Waals surface area contributed by atoms with Crippen molar-refractivity contribution in [2.45, 2.75) is 24.3 Å². The average Bonchev–Trinajstić information content (AvgIpc) is 2.75. The molecule has 1 aliphatic rings. The Labute approximate surface area is 208 Å². The lowest BCUT2D eigenvalue weighted by Crippen LogP contribution is -2.46. The second kappa shape index (κ2) is 12.0. The highest BCUT2D eigenvalue weighted by molar-refractivity contribution is 7.98. The Kier molecular flexibility index (Phi) is 9.58. The Balaban J connectivity index is 1.46. The largest absolute Gasteiger partial charge is 0.355 e. The fourth-order valence-electron chi connectivity index (χ4n) is 3.54. The molecular formula is C22H25Cl3N2O3S2. The molecule has 1 saturated heterocycles. The third-order valence-electron chi connectivity index (χ3n) is 5.20. The summed E-state index contributed by atoms with van der Waals surface area (Å²) in [6.45, 7) is 1.13. The van der Waals surface area contributed by atoms with Crippen LogP contribution in [0.5, 0.6) is 0 Å². The fraction of sp³-hybridized carbons (Fsp3) is 0.409. The van der Waals surface area contributed by atoms with E-state index in [0.29, 0.717) is 46.6 Å². The van der Waals surface area contributed by atoms with Crippen LogP contribution in [-0.2, 0) is 26.3 Å². The van der Waals surface area contributed by atoms with Crippen LogP contribution in [0.2, 0.25) is 15.1 Å². The Morgan fingerprint density at radius 1 is 1.12 bits per heavy atom. The normalized spacial score (nSPS) is 17.3. The summed E-state index contributed by atoms with van der Waals surface area (Å²) in [4.78, 5) is 12.6. The summed E-state index contributed by atoms with van der Waals surface area (Å²) in [7, 11) is -3.59. The minimum absolute atomic E-state index is 0.0993. The summed E-state index contributed by atoms with van der Waals surface area (Å²) in [6.07, 6.45) is 1.32. The number of benzene rings is 2. The van der Waals surface area contributed by atoms with Gasteiger partial charge in [-0.2, -0.15) is 11.8 Å². The number of rotatable bonds is 9. The average molecular weight is 536 g/mol. The third kappa shape index (κ3) is 7.54. The van der Waals surface area contributed by atoms with Crippen LogP contribution in [0.15, 0.2) is 42.5 Å². The predicted molar refractivity (Wildman–Crippen MR) is 134 cm³/mol. The summed E-state index contributed by atoms with van der Waals surface area (Å²) in [5, 5.41) is 4.44. The number of amides is 1. The predicted octanol–water partition coefficient (Wildman–Crippen LogP) is 5.24. The standard InChI is InChI=1S/C22H25Cl3N2O3S2/c23-19-5-1-3-16(11-19)14-31-10-8-26-22(28)17-4-2-9-27(13-17)32(29,30)15-18-6-7-20(24)12-21(18)25/h1,3,5-7,11-12,17H,2,4,8-10,13-15H2,(H,26,28)/t17-/m0/s1. The van der Waals surface area contributed by atoms with E-state index in [1.165, 1.54) is 10.4 Å². The van der Waals surface area contributed by atoms with Crippen molar-refractivity contribution in [1.29, 1.82) is 0 Å². The van der Waals surface area contributed by atoms with Crippen molar-refractivity contribution >= 4 is 62.5 Å². The molecule has 0 aliphatic carbocycles. The van der Waals surface area contributed by atoms with Crippen molar-refractivity contribution in [3.05, 3.63) is 68.7 Å². The van der Waals surface area contributed by atoms with Crippen LogP contribution in [0.4, 0.5) is 0 Å². The van der Waals surface area contributed by atoms with Gasteiger partial charge in [-0.25, -0.2) is 12.7 Å². The molecule has 1 amide bonds. The van der Waals surface area contributed by atoms with E-state index < -0.39 is 10.0 Å². The number of sulfonamides is 1. The van der Waals surface area contributed by atoms with Gasteiger partial charge >= 0.3 is 0 Å². The maximum absolute atomic E-state index is 12.9. The monoisotopic (exact) mass is 534 g/mol. The van der Waals surface area contributed by atoms with Crippen molar-refractivity contribution in [1.82, 2.24) is 9.62 Å². The smallest absolute Gasteiger partial charge is 0.224 e. The minimum Gasteiger partial charge on any atom is -0.355 e. The van der Waals surface area contributed by atoms with Gasteiger partial charge in [0.15, 0.2) is 0 Å². The van der Waals surface area contributed by atoms with Gasteiger partial charge in [0, 0.05) is 46.2 Å². The van der Waals surface area contributed by atoms with Gasteiger partial charge in [0.05, 0.1) is 11.7 Å². The van der Waals surface area contributed by atoms with Crippen LogP contribution in [0, 0.1) is 5.92 Å². The molecule has 1 fully saturated rings. The van der Waals surface area contributed by atoms with Gasteiger partial charge < -0.3 is 5.32 Å². The molecule has 0 aromatic heterocycles. The summed E-state index contributed by atoms with van der Waals surface area (Å²) in [5.74, 6) is 0.925. The maximum atomic E-state index is 12.9. The summed E-state index contributed by atoms with van der Waals surface area (Å²) >= 11 is 19.7. The van der Waals surface area contributed by atoms with Crippen LogP contribution in [0.1, 0.15) is 24.0 Å². The lowest BCUT2D eigenvalue weighted by Gasteiger charge is -2.31. The van der Waals surface area contributed by atoms with Gasteiger partial charge in [0.25, 0.3) is 0 Å². The van der Waals surface area contributed by atoms with Gasteiger partial charge in [0.2, 0.25) is 15.9 Å². The van der Waals surface area contributed by atoms with E-state index in [-0.39, 0.29) is 24.1 Å². The molecule has 1 N–H and O–H groups in total. The van der Waals surface area contributed by atoms with E-state index in [1.54, 1.807) is 23.9 Å². The number of thioether (sulfide) groups is 1. The molecule has 2 aromatic carbocycles. The quantitative estimate of drug-likeness (QED) is 0.446. The molecule has 32 heavy (non-hydrogen) atoms. The van der Waals surface area contributed by atoms with E-state index in [4.69, 9.17) is 34.8 Å². The van der Waals surface area contributed by atoms with Gasteiger partial charge in [-0.05, 0) is 48.2 Å². The molecule has 5 nitrogen and oxygen atoms in total. The molecule has 0 spiro atoms. The molecule has 0 bridgehead atoms. The van der Waals surface area contributed by atoms with E-state index in [1.807, 2.05) is 24.3 Å². The Hall–Kier alpha value is -0.960. The van der Waals surface area contributed by atoms with Crippen molar-refractivity contribution in [3.63, 3.8) is 0 Å². The van der Waals surface area contributed by atoms with E-state index in [9.17, 15) is 13.2 Å². The first-order chi connectivity index (χ1) is 15.2. The molecule has 1 aliphatic heterocycles. The molecule has 1 atom stereocenters. The van der Waals surface area contributed by atoms with Crippen molar-refractivity contribution in [2.75, 3.05) is 25.4 Å². The van der Waals surface area contributed by atoms with Gasteiger partial charge in [-0.1, -0.05) is 53.0 Å². The van der Waals surface area contributed by atoms with Crippen LogP contribution >= 0.6 is 46.6 Å². The number of hydrogen-bond acceptors (Lipinski definition) is 4. The third-order valence-corrected chi connectivity index (χ3v) is 8.85. The van der Waals surface area contributed by atoms with Crippen molar-refractivity contribution < 1.29 is 13.2 Å². The Bertz CT molecular complexity index is 1050. The zero-order valence-electron chi connectivity index (χ0n) is 17.4. The number of hydrogen-bond donors (Lipinski definition) is 1. The Morgan fingerprint density at radius 3 is 2.66 bits per heavy atom. The van der Waals surface area contributed by atoms with E-state index in [2.05, 4.69) is 5.32 Å². The topological polar surface area (TPSA) is 66.5 Å². The summed E-state index contributed by atoms with van der Waals surface area (Å²) in [6, 6.07) is 12.5. The molecule has 1 heterocycles. The fourth-order valence-corrected chi connectivity index (χ4v) is 6.76. The molecule has 0 radical (unpaired) electrons. The Morgan fingerprint density at radius 2 is 1.91 bits per heavy atom. The van der Waals surface area contributed by atoms with Gasteiger partial charge in [-0.3, -0.25) is 4.79 Å². The number of carbonyl (C=O) groups excluding carboxylic acids is 1. The lowest BCUT2D eigenvalue weighted by molar-refractivity contribution is -0.125. The summed E-state index contributed by atoms with van der Waals surface area (Å²) in [5.41, 5.74) is 1.64. The molecule has 3 rings (SSSR count). The summed E-state index contributed by atoms with van der Waals surface area (Å²) < 4.78 is 27.2. The lowest BCUT2D eigenvalue weighted by atomic mass is 9.99. The first-order valence-corrected chi connectivity index (χ1v) is 14.2. The SMILES string of the molecule is O=C(NCCSCc1cccc(Cl)c1)[C@H]1CCCN(S(=O)(=O)Cc2ccc(Cl)cc2Cl)C1. The number of piperidine rings is 1. The van der Waals surface area contributed by atoms with Crippen LogP contribution in [-0.4, -0.2) is 44.0 Å².